The lowest BCUT2D eigenvalue weighted by molar-refractivity contribution is -0.172. The number of carbonyl (C=O) groups is 4. The number of halogens is 8. The van der Waals surface area contributed by atoms with Gasteiger partial charge in [0.2, 0.25) is 0 Å². The van der Waals surface area contributed by atoms with Crippen molar-refractivity contribution in [1.82, 2.24) is 19.6 Å². The highest BCUT2D eigenvalue weighted by Crippen LogP contribution is 2.58. The van der Waals surface area contributed by atoms with E-state index in [1.165, 1.54) is 0 Å². The lowest BCUT2D eigenvalue weighted by Crippen LogP contribution is -2.51. The Morgan fingerprint density at radius 3 is 0.576 bits per heavy atom. The van der Waals surface area contributed by atoms with Crippen molar-refractivity contribution >= 4 is 139 Å². The summed E-state index contributed by atoms with van der Waals surface area (Å²) >= 11 is 49.6. The highest BCUT2D eigenvalue weighted by atomic mass is 35.5. The number of hydrogen-bond acceptors (Lipinski definition) is 16. The van der Waals surface area contributed by atoms with Gasteiger partial charge in [0.15, 0.2) is 22.9 Å². The van der Waals surface area contributed by atoms with Crippen molar-refractivity contribution in [2.24, 2.45) is 0 Å². The Labute approximate surface area is 878 Å². The van der Waals surface area contributed by atoms with Crippen molar-refractivity contribution in [3.63, 3.8) is 0 Å². The fourth-order valence-electron chi connectivity index (χ4n) is 20.1. The molecule has 16 atom stereocenters. The Hall–Kier alpha value is -10.7. The molecule has 12 aromatic rings. The summed E-state index contributed by atoms with van der Waals surface area (Å²) in [6.07, 6.45) is -5.85. The average molecular weight is 2100 g/mol. The third-order valence-corrected chi connectivity index (χ3v) is 29.9. The first-order chi connectivity index (χ1) is 68.9. The number of rotatable bonds is 24. The maximum atomic E-state index is 14.2. The van der Waals surface area contributed by atoms with Gasteiger partial charge in [-0.05, 0) is 221 Å². The molecule has 20 nitrogen and oxygen atoms in total. The Morgan fingerprint density at radius 2 is 0.431 bits per heavy atom. The molecule has 8 aliphatic rings. The van der Waals surface area contributed by atoms with Crippen LogP contribution in [0.3, 0.4) is 0 Å². The summed E-state index contributed by atoms with van der Waals surface area (Å²) in [5.41, 5.74) is 12.9. The zero-order valence-corrected chi connectivity index (χ0v) is 86.4. The minimum absolute atomic E-state index is 0.170. The first-order valence-electron chi connectivity index (χ1n) is 47.3. The number of ether oxygens (including phenoxy) is 8. The van der Waals surface area contributed by atoms with Crippen molar-refractivity contribution in [3.8, 4) is 0 Å². The molecule has 0 aliphatic carbocycles. The summed E-state index contributed by atoms with van der Waals surface area (Å²) in [5.74, 6) is -0.726. The fraction of sp³-hybridized carbons (Fsp3) is 0.276. The minimum atomic E-state index is -1.33. The molecule has 0 unspecified atom stereocenters. The first-order valence-corrected chi connectivity index (χ1v) is 50.3. The van der Waals surface area contributed by atoms with Gasteiger partial charge in [0.25, 0.3) is 23.6 Å². The summed E-state index contributed by atoms with van der Waals surface area (Å²) in [5, 5.41) is 47.3. The quantitative estimate of drug-likeness (QED) is 0.0440. The van der Waals surface area contributed by atoms with E-state index in [-0.39, 0.29) is 76.5 Å². The monoisotopic (exact) mass is 2090 g/mol. The molecule has 4 N–H and O–H groups in total. The Balaban J connectivity index is 0.000000132. The second-order valence-corrected chi connectivity index (χ2v) is 40.9. The highest BCUT2D eigenvalue weighted by molar-refractivity contribution is 6.33. The number of fused-ring (bicyclic) bond motifs is 4. The number of carbonyl (C=O) groups excluding carboxylic acids is 4. The van der Waals surface area contributed by atoms with Gasteiger partial charge in [-0.15, -0.1) is 0 Å². The Kier molecular flexibility index (Phi) is 31.5. The highest BCUT2D eigenvalue weighted by Gasteiger charge is 2.62. The predicted octanol–water partition coefficient (Wildman–Crippen LogP) is 24.9. The van der Waals surface area contributed by atoms with E-state index in [0.29, 0.717) is 84.7 Å². The molecular formula is C116H108Cl8N4O16. The Morgan fingerprint density at radius 1 is 0.271 bits per heavy atom. The molecule has 8 aliphatic heterocycles. The average Bonchev–Trinajstić information content (AvgIpc) is 1.56. The van der Waals surface area contributed by atoms with E-state index in [9.17, 15) is 39.6 Å². The molecule has 4 amide bonds. The molecular weight excluding hydrogens is 1990 g/mol. The van der Waals surface area contributed by atoms with Gasteiger partial charge in [-0.25, -0.2) is 0 Å². The standard InChI is InChI=1S/4C29H27Cl2NO4/c4*1-17(2)20-6-13-25-24(14-20)28(34)32(18(3)19-4-9-22(30)10-5-19)29(25,21-7-11-23(31)12-8-21)36-27-16-35-15-26(27)33/h4*4-14,18,26-27,33H,1,15-16H2,2-3H3/t18-,26+,27-,29+;18-,26+,27-,29-;2*18-,26-,27+,29+/m0000/s1. The second kappa shape index (κ2) is 43.4. The molecule has 4 saturated heterocycles. The maximum Gasteiger partial charge on any atom is 0.257 e. The van der Waals surface area contributed by atoms with E-state index < -0.39 is 95.9 Å². The van der Waals surface area contributed by atoms with Crippen LogP contribution in [0, 0.1) is 0 Å². The fourth-order valence-corrected chi connectivity index (χ4v) is 21.2. The van der Waals surface area contributed by atoms with Crippen LogP contribution in [-0.4, -0.2) is 165 Å². The van der Waals surface area contributed by atoms with Gasteiger partial charge in [0, 0.05) is 107 Å². The van der Waals surface area contributed by atoms with Gasteiger partial charge in [0.05, 0.1) is 77.0 Å². The molecule has 0 spiro atoms. The second-order valence-electron chi connectivity index (χ2n) is 37.4. The molecule has 4 fully saturated rings. The van der Waals surface area contributed by atoms with E-state index in [1.807, 2.05) is 225 Å². The largest absolute Gasteiger partial charge is 0.388 e. The number of benzene rings is 12. The summed E-state index contributed by atoms with van der Waals surface area (Å²) in [6, 6.07) is 80.1. The van der Waals surface area contributed by atoms with Crippen LogP contribution >= 0.6 is 92.8 Å². The molecule has 144 heavy (non-hydrogen) atoms. The molecule has 28 heteroatoms. The van der Waals surface area contributed by atoms with Crippen LogP contribution in [0.5, 0.6) is 0 Å². The van der Waals surface area contributed by atoms with Gasteiger partial charge >= 0.3 is 0 Å². The molecule has 12 aromatic carbocycles. The van der Waals surface area contributed by atoms with Crippen LogP contribution in [-0.2, 0) is 60.8 Å². The maximum absolute atomic E-state index is 14.2. The number of amides is 4. The lowest BCUT2D eigenvalue weighted by Gasteiger charge is -2.44. The minimum Gasteiger partial charge on any atom is -0.388 e. The summed E-state index contributed by atoms with van der Waals surface area (Å²) in [4.78, 5) is 63.9. The van der Waals surface area contributed by atoms with E-state index in [1.54, 1.807) is 117 Å². The number of nitrogens with zero attached hydrogens (tertiary/aromatic N) is 4. The molecule has 20 rings (SSSR count). The molecule has 0 saturated carbocycles. The van der Waals surface area contributed by atoms with E-state index >= 15 is 0 Å². The van der Waals surface area contributed by atoms with Crippen LogP contribution in [0.25, 0.3) is 22.3 Å². The number of aliphatic hydroxyl groups is 4. The van der Waals surface area contributed by atoms with Crippen LogP contribution < -0.4 is 0 Å². The van der Waals surface area contributed by atoms with Crippen LogP contribution in [0.15, 0.2) is 293 Å². The zero-order valence-electron chi connectivity index (χ0n) is 80.3. The molecule has 0 bridgehead atoms. The van der Waals surface area contributed by atoms with Gasteiger partial charge in [-0.1, -0.05) is 287 Å². The number of allylic oxidation sites excluding steroid dienone is 4. The first kappa shape index (κ1) is 105. The molecule has 0 aromatic heterocycles. The lowest BCUT2D eigenvalue weighted by atomic mass is 9.90. The molecule has 0 radical (unpaired) electrons. The zero-order chi connectivity index (χ0) is 102. The normalized spacial score (nSPS) is 24.1. The summed E-state index contributed by atoms with van der Waals surface area (Å²) < 4.78 is 49.3. The van der Waals surface area contributed by atoms with Gasteiger partial charge in [0.1, 0.15) is 48.8 Å². The summed E-state index contributed by atoms with van der Waals surface area (Å²) in [6.45, 7) is 33.2. The Bertz CT molecular complexity index is 6050. The van der Waals surface area contributed by atoms with E-state index in [2.05, 4.69) is 26.3 Å². The number of hydrogen-bond donors (Lipinski definition) is 4. The third kappa shape index (κ3) is 20.1. The van der Waals surface area contributed by atoms with Crippen molar-refractivity contribution in [1.29, 1.82) is 0 Å². The van der Waals surface area contributed by atoms with Gasteiger partial charge in [-0.3, -0.25) is 38.8 Å². The smallest absolute Gasteiger partial charge is 0.257 e. The van der Waals surface area contributed by atoms with Crippen LogP contribution in [0.2, 0.25) is 40.2 Å². The molecule has 744 valence electrons. The van der Waals surface area contributed by atoms with E-state index in [4.69, 9.17) is 131 Å². The van der Waals surface area contributed by atoms with Crippen molar-refractivity contribution < 1.29 is 77.5 Å². The SMILES string of the molecule is C=C(C)c1ccc2c(c1)C(=O)N([C@@H](C)c1ccc(Cl)cc1)[C@@]2(O[C@@H]1COC[C@@H]1O)c1ccc(Cl)cc1.C=C(C)c1ccc2c(c1)C(=O)N([C@@H](C)c1ccc(Cl)cc1)[C@@]2(O[C@@H]1COC[C@@H]1O)c1ccc(Cl)cc1.C=C(C)c1ccc2c(c1)C(=O)N([C@@H](C)c1ccc(Cl)cc1)[C@@]2(O[C@H]1COC[C@H]1O)c1ccc(Cl)cc1.C=C(C)c1ccc2c(c1)C(=O)N([C@@H](C)c1ccc(Cl)cc1)[C@]2(O[C@H]1COC[C@H]1O)c1ccc(Cl)cc1. The topological polar surface area (TPSA) is 236 Å². The van der Waals surface area contributed by atoms with Crippen LogP contribution in [0.4, 0.5) is 0 Å². The van der Waals surface area contributed by atoms with Crippen molar-refractivity contribution in [2.75, 3.05) is 52.9 Å². The predicted molar refractivity (Wildman–Crippen MR) is 564 cm³/mol. The van der Waals surface area contributed by atoms with Crippen LogP contribution in [0.1, 0.15) is 210 Å². The number of aliphatic hydroxyl groups excluding tert-OH is 4. The van der Waals surface area contributed by atoms with E-state index in [0.717, 1.165) is 89.1 Å². The van der Waals surface area contributed by atoms with Crippen molar-refractivity contribution in [2.45, 2.75) is 151 Å². The third-order valence-electron chi connectivity index (χ3n) is 27.9. The van der Waals surface area contributed by atoms with Crippen molar-refractivity contribution in [3.05, 3.63) is 445 Å². The molecule has 8 heterocycles. The van der Waals surface area contributed by atoms with Gasteiger partial charge < -0.3 is 58.3 Å². The summed E-state index contributed by atoms with van der Waals surface area (Å²) in [7, 11) is 0. The van der Waals surface area contributed by atoms with Gasteiger partial charge in [-0.2, -0.15) is 0 Å².